The predicted molar refractivity (Wildman–Crippen MR) is 146 cm³/mol. The van der Waals surface area contributed by atoms with Crippen molar-refractivity contribution in [3.05, 3.63) is 46.6 Å². The molecular weight excluding hydrogens is 614 g/mol. The molecule has 4 unspecified atom stereocenters. The van der Waals surface area contributed by atoms with Crippen molar-refractivity contribution >= 4 is 91.0 Å². The van der Waals surface area contributed by atoms with Crippen LogP contribution >= 0.6 is 46.4 Å². The Balaban J connectivity index is 0.000000408. The molecule has 40 heavy (non-hydrogen) atoms. The van der Waals surface area contributed by atoms with Crippen LogP contribution in [-0.4, -0.2) is 72.8 Å². The monoisotopic (exact) mass is 636 g/mol. The van der Waals surface area contributed by atoms with E-state index in [0.29, 0.717) is 0 Å². The van der Waals surface area contributed by atoms with E-state index in [-0.39, 0.29) is 22.3 Å². The van der Waals surface area contributed by atoms with Gasteiger partial charge in [0.05, 0.1) is 23.7 Å². The number of nitrogens with one attached hydrogen (secondary N) is 4. The second-order valence-corrected chi connectivity index (χ2v) is 9.40. The Bertz CT molecular complexity index is 1180. The number of amides is 4. The number of likely N-dealkylation sites (N-methyl/N-ethyl adjacent to an activating group) is 2. The third-order valence-electron chi connectivity index (χ3n) is 5.73. The molecule has 0 saturated heterocycles. The first kappa shape index (κ1) is 34.7. The van der Waals surface area contributed by atoms with Crippen LogP contribution in [0.25, 0.3) is 0 Å². The minimum Gasteiger partial charge on any atom is -0.359 e. The van der Waals surface area contributed by atoms with Crippen LogP contribution in [0, 0.1) is 23.7 Å². The normalized spacial score (nSPS) is 21.4. The van der Waals surface area contributed by atoms with Crippen LogP contribution in [0.3, 0.4) is 0 Å². The molecule has 2 rings (SSSR count). The van der Waals surface area contributed by atoms with E-state index in [1.807, 2.05) is 0 Å². The van der Waals surface area contributed by atoms with Gasteiger partial charge in [-0.25, -0.2) is 0 Å². The first-order valence-corrected chi connectivity index (χ1v) is 12.7. The van der Waals surface area contributed by atoms with E-state index in [2.05, 4.69) is 21.3 Å². The number of rotatable bonds is 8. The van der Waals surface area contributed by atoms with Gasteiger partial charge in [0.15, 0.2) is 0 Å². The van der Waals surface area contributed by atoms with Crippen LogP contribution in [0.4, 0.5) is 0 Å². The summed E-state index contributed by atoms with van der Waals surface area (Å²) in [6.07, 6.45) is 4.74. The van der Waals surface area contributed by atoms with Crippen molar-refractivity contribution in [2.75, 3.05) is 28.2 Å². The molecule has 16 heteroatoms. The zero-order chi connectivity index (χ0) is 30.9. The summed E-state index contributed by atoms with van der Waals surface area (Å²) in [6.45, 7) is 0. The SMILES string of the molecule is CNC(=O)C1=CC(C(=O)NC)C(C(=O)NC)C=C1C(=O)NC.O=C(Cl)C1=CC(C(=O)Cl)C(C(=O)Cl)C=C1C(=O)Cl. The van der Waals surface area contributed by atoms with Gasteiger partial charge in [-0.2, -0.15) is 0 Å². The molecule has 0 aliphatic heterocycles. The molecule has 2 aliphatic carbocycles. The Morgan fingerprint density at radius 1 is 0.475 bits per heavy atom. The molecule has 12 nitrogen and oxygen atoms in total. The summed E-state index contributed by atoms with van der Waals surface area (Å²) in [5.74, 6) is -5.89. The summed E-state index contributed by atoms with van der Waals surface area (Å²) in [5, 5.41) is 5.97. The van der Waals surface area contributed by atoms with E-state index in [1.165, 1.54) is 40.3 Å². The van der Waals surface area contributed by atoms with Gasteiger partial charge in [-0.3, -0.25) is 38.4 Å². The molecule has 0 bridgehead atoms. The Hall–Kier alpha value is -3.32. The van der Waals surface area contributed by atoms with Gasteiger partial charge in [0, 0.05) is 50.5 Å². The van der Waals surface area contributed by atoms with Gasteiger partial charge < -0.3 is 21.3 Å². The minimum absolute atomic E-state index is 0.0654. The van der Waals surface area contributed by atoms with E-state index in [9.17, 15) is 38.4 Å². The Kier molecular flexibility index (Phi) is 13.4. The predicted octanol–water partition coefficient (Wildman–Crippen LogP) is 0.216. The highest BCUT2D eigenvalue weighted by molar-refractivity contribution is 6.73. The average molecular weight is 638 g/mol. The fourth-order valence-corrected chi connectivity index (χ4v) is 4.45. The quantitative estimate of drug-likeness (QED) is 0.272. The summed E-state index contributed by atoms with van der Waals surface area (Å²) in [6, 6.07) is 0. The van der Waals surface area contributed by atoms with Gasteiger partial charge in [-0.05, 0) is 46.4 Å². The van der Waals surface area contributed by atoms with Gasteiger partial charge in [0.2, 0.25) is 22.3 Å². The van der Waals surface area contributed by atoms with Gasteiger partial charge in [-0.1, -0.05) is 24.3 Å². The Morgan fingerprint density at radius 2 is 0.750 bits per heavy atom. The molecular formula is C24H24Cl4N4O8. The van der Waals surface area contributed by atoms with Gasteiger partial charge in [-0.15, -0.1) is 0 Å². The van der Waals surface area contributed by atoms with E-state index in [4.69, 9.17) is 46.4 Å². The summed E-state index contributed by atoms with van der Waals surface area (Å²) in [5.41, 5.74) is -0.416. The number of hydrogen-bond acceptors (Lipinski definition) is 8. The van der Waals surface area contributed by atoms with Crippen molar-refractivity contribution in [3.63, 3.8) is 0 Å². The lowest BCUT2D eigenvalue weighted by molar-refractivity contribution is -0.131. The van der Waals surface area contributed by atoms with Crippen LogP contribution in [0.15, 0.2) is 46.6 Å². The molecule has 2 aliphatic rings. The first-order chi connectivity index (χ1) is 18.7. The summed E-state index contributed by atoms with van der Waals surface area (Å²) in [7, 11) is 5.72. The molecule has 0 aromatic rings. The molecule has 0 heterocycles. The highest BCUT2D eigenvalue weighted by Gasteiger charge is 2.38. The van der Waals surface area contributed by atoms with E-state index < -0.39 is 68.3 Å². The van der Waals surface area contributed by atoms with Crippen molar-refractivity contribution in [1.82, 2.24) is 21.3 Å². The van der Waals surface area contributed by atoms with Crippen LogP contribution in [0.1, 0.15) is 0 Å². The van der Waals surface area contributed by atoms with Crippen LogP contribution in [0.5, 0.6) is 0 Å². The fourth-order valence-electron chi connectivity index (χ4n) is 3.72. The maximum absolute atomic E-state index is 12.0. The van der Waals surface area contributed by atoms with Gasteiger partial charge in [0.25, 0.3) is 22.3 Å². The number of halogens is 4. The summed E-state index contributed by atoms with van der Waals surface area (Å²) < 4.78 is 0. The van der Waals surface area contributed by atoms with Crippen LogP contribution in [-0.2, 0) is 38.4 Å². The Morgan fingerprint density at radius 3 is 0.950 bits per heavy atom. The van der Waals surface area contributed by atoms with Crippen molar-refractivity contribution < 1.29 is 38.4 Å². The van der Waals surface area contributed by atoms with Gasteiger partial charge in [0.1, 0.15) is 0 Å². The van der Waals surface area contributed by atoms with Crippen molar-refractivity contribution in [2.45, 2.75) is 0 Å². The second kappa shape index (κ2) is 15.5. The maximum atomic E-state index is 12.0. The molecule has 0 radical (unpaired) electrons. The third kappa shape index (κ3) is 8.34. The maximum Gasteiger partial charge on any atom is 0.252 e. The van der Waals surface area contributed by atoms with Crippen molar-refractivity contribution in [3.8, 4) is 0 Å². The fraction of sp³-hybridized carbons (Fsp3) is 0.333. The van der Waals surface area contributed by atoms with E-state index in [1.54, 1.807) is 0 Å². The van der Waals surface area contributed by atoms with Crippen LogP contribution < -0.4 is 21.3 Å². The molecule has 0 aromatic carbocycles. The molecule has 0 fully saturated rings. The van der Waals surface area contributed by atoms with Gasteiger partial charge >= 0.3 is 0 Å². The zero-order valence-corrected chi connectivity index (χ0v) is 24.4. The Labute approximate surface area is 248 Å². The number of carbonyl (C=O) groups excluding carboxylic acids is 8. The summed E-state index contributed by atoms with van der Waals surface area (Å²) >= 11 is 21.1. The molecule has 0 saturated carbocycles. The number of carbonyl (C=O) groups is 8. The largest absolute Gasteiger partial charge is 0.359 e. The summed E-state index contributed by atoms with van der Waals surface area (Å²) in [4.78, 5) is 92.5. The highest BCUT2D eigenvalue weighted by Crippen LogP contribution is 2.33. The van der Waals surface area contributed by atoms with E-state index >= 15 is 0 Å². The highest BCUT2D eigenvalue weighted by atomic mass is 35.5. The lowest BCUT2D eigenvalue weighted by atomic mass is 9.80. The number of allylic oxidation sites excluding steroid dienone is 4. The van der Waals surface area contributed by atoms with Crippen LogP contribution in [0.2, 0.25) is 0 Å². The first-order valence-electron chi connectivity index (χ1n) is 11.2. The molecule has 0 spiro atoms. The molecule has 4 N–H and O–H groups in total. The van der Waals surface area contributed by atoms with E-state index in [0.717, 1.165) is 12.2 Å². The lowest BCUT2D eigenvalue weighted by Gasteiger charge is -2.26. The smallest absolute Gasteiger partial charge is 0.252 e. The molecule has 4 amide bonds. The second-order valence-electron chi connectivity index (χ2n) is 7.97. The third-order valence-corrected chi connectivity index (χ3v) is 6.64. The number of hydrogen-bond donors (Lipinski definition) is 4. The standard InChI is InChI=1S/C14H20N4O4.C10H4Cl4O4/c1-15-11(19)7-5-9(13(21)17-3)10(14(22)18-4)6-8(7)12(20)16-2;11-7(15)3-1-4(8(12)16)6(10(14)18)2-5(3)9(13)17/h5-8H,1-4H3,(H,15,19)(H,16,20)(H,17,21)(H,18,22);1-3,5H. The average Bonchev–Trinajstić information content (AvgIpc) is 2.93. The zero-order valence-electron chi connectivity index (χ0n) is 21.4. The molecule has 216 valence electrons. The van der Waals surface area contributed by atoms with Crippen molar-refractivity contribution in [2.24, 2.45) is 23.7 Å². The molecule has 4 atom stereocenters. The lowest BCUT2D eigenvalue weighted by Crippen LogP contribution is -2.42. The topological polar surface area (TPSA) is 185 Å². The minimum atomic E-state index is -1.16. The van der Waals surface area contributed by atoms with Crippen molar-refractivity contribution in [1.29, 1.82) is 0 Å². The molecule has 0 aromatic heterocycles.